The number of Topliss-reactive ketones (excluding diaryl/α,β-unsaturated/α-hetero) is 2. The van der Waals surface area contributed by atoms with Gasteiger partial charge in [0.1, 0.15) is 17.1 Å². The van der Waals surface area contributed by atoms with Crippen LogP contribution in [-0.4, -0.2) is 21.8 Å². The van der Waals surface area contributed by atoms with Gasteiger partial charge in [0, 0.05) is 17.0 Å². The fourth-order valence-corrected chi connectivity index (χ4v) is 4.75. The lowest BCUT2D eigenvalue weighted by Crippen LogP contribution is -2.41. The van der Waals surface area contributed by atoms with E-state index in [1.54, 1.807) is 12.1 Å². The minimum Gasteiger partial charge on any atom is -0.511 e. The molecule has 0 atom stereocenters. The summed E-state index contributed by atoms with van der Waals surface area (Å²) in [6.45, 7) is 16.5. The van der Waals surface area contributed by atoms with Crippen LogP contribution in [0.4, 0.5) is 0 Å². The van der Waals surface area contributed by atoms with Crippen LogP contribution in [0.15, 0.2) is 46.9 Å². The number of hydrogen-bond donors (Lipinski definition) is 2. The molecule has 0 saturated carbocycles. The SMILES string of the molecule is CC.CC(C)CCC1=C(O)C(CCC(C)C)(CCC(C)C)C(=O)C(C(=O)CCc2ccc(Cl)cc2)=C1O. The summed E-state index contributed by atoms with van der Waals surface area (Å²) in [7, 11) is 0. The van der Waals surface area contributed by atoms with E-state index in [1.165, 1.54) is 0 Å². The Bertz CT molecular complexity index is 940. The van der Waals surface area contributed by atoms with Gasteiger partial charge in [0.2, 0.25) is 0 Å². The summed E-state index contributed by atoms with van der Waals surface area (Å²) < 4.78 is 0. The molecule has 4 nitrogen and oxygen atoms in total. The van der Waals surface area contributed by atoms with E-state index >= 15 is 0 Å². The Morgan fingerprint density at radius 2 is 1.32 bits per heavy atom. The molecule has 37 heavy (non-hydrogen) atoms. The van der Waals surface area contributed by atoms with Gasteiger partial charge in [-0.2, -0.15) is 0 Å². The highest BCUT2D eigenvalue weighted by Crippen LogP contribution is 2.48. The average molecular weight is 533 g/mol. The number of rotatable bonds is 13. The maximum Gasteiger partial charge on any atom is 0.183 e. The van der Waals surface area contributed by atoms with E-state index in [2.05, 4.69) is 41.5 Å². The maximum absolute atomic E-state index is 14.0. The number of halogens is 1. The molecule has 2 N–H and O–H groups in total. The average Bonchev–Trinajstić information content (AvgIpc) is 2.84. The molecule has 5 heteroatoms. The van der Waals surface area contributed by atoms with E-state index in [0.717, 1.165) is 24.8 Å². The number of ketones is 2. The summed E-state index contributed by atoms with van der Waals surface area (Å²) in [6, 6.07) is 7.28. The topological polar surface area (TPSA) is 74.6 Å². The molecule has 208 valence electrons. The highest BCUT2D eigenvalue weighted by molar-refractivity contribution is 6.30. The van der Waals surface area contributed by atoms with E-state index < -0.39 is 11.2 Å². The van der Waals surface area contributed by atoms with Crippen LogP contribution in [0, 0.1) is 23.2 Å². The van der Waals surface area contributed by atoms with Gasteiger partial charge in [0.25, 0.3) is 0 Å². The Hall–Kier alpha value is -2.07. The maximum atomic E-state index is 14.0. The van der Waals surface area contributed by atoms with E-state index in [4.69, 9.17) is 11.6 Å². The van der Waals surface area contributed by atoms with Crippen molar-refractivity contribution < 1.29 is 19.8 Å². The van der Waals surface area contributed by atoms with Crippen molar-refractivity contribution in [2.24, 2.45) is 23.2 Å². The first-order valence-corrected chi connectivity index (χ1v) is 14.5. The number of aliphatic hydroxyl groups is 2. The highest BCUT2D eigenvalue weighted by atomic mass is 35.5. The zero-order chi connectivity index (χ0) is 28.3. The molecule has 0 amide bonds. The quantitative estimate of drug-likeness (QED) is 0.248. The molecule has 0 unspecified atom stereocenters. The van der Waals surface area contributed by atoms with Crippen molar-refractivity contribution in [3.63, 3.8) is 0 Å². The Morgan fingerprint density at radius 1 is 0.838 bits per heavy atom. The third kappa shape index (κ3) is 9.02. The monoisotopic (exact) mass is 532 g/mol. The second-order valence-corrected chi connectivity index (χ2v) is 11.7. The Kier molecular flexibility index (Phi) is 13.7. The van der Waals surface area contributed by atoms with E-state index in [0.29, 0.717) is 54.0 Å². The first-order chi connectivity index (χ1) is 17.4. The molecule has 1 aromatic rings. The van der Waals surface area contributed by atoms with Crippen LogP contribution in [0.1, 0.15) is 106 Å². The summed E-state index contributed by atoms with van der Waals surface area (Å²) in [5.41, 5.74) is 0.0392. The van der Waals surface area contributed by atoms with Crippen LogP contribution >= 0.6 is 11.6 Å². The van der Waals surface area contributed by atoms with Crippen LogP contribution in [0.3, 0.4) is 0 Å². The predicted molar refractivity (Wildman–Crippen MR) is 155 cm³/mol. The normalized spacial score (nSPS) is 15.5. The molecule has 0 bridgehead atoms. The number of aliphatic hydroxyl groups excluding tert-OH is 2. The second-order valence-electron chi connectivity index (χ2n) is 11.3. The third-order valence-electron chi connectivity index (χ3n) is 7.02. The molecule has 1 aromatic carbocycles. The van der Waals surface area contributed by atoms with Crippen molar-refractivity contribution >= 4 is 23.2 Å². The summed E-state index contributed by atoms with van der Waals surface area (Å²) in [6.07, 6.45) is 4.16. The number of hydrogen-bond acceptors (Lipinski definition) is 4. The van der Waals surface area contributed by atoms with Gasteiger partial charge >= 0.3 is 0 Å². The lowest BCUT2D eigenvalue weighted by molar-refractivity contribution is -0.129. The molecule has 0 radical (unpaired) electrons. The number of allylic oxidation sites excluding steroid dienone is 3. The number of carbonyl (C=O) groups is 2. The fraction of sp³-hybridized carbons (Fsp3) is 0.625. The molecule has 0 spiro atoms. The summed E-state index contributed by atoms with van der Waals surface area (Å²) in [5, 5.41) is 23.3. The lowest BCUT2D eigenvalue weighted by Gasteiger charge is -2.38. The van der Waals surface area contributed by atoms with Gasteiger partial charge in [-0.3, -0.25) is 9.59 Å². The largest absolute Gasteiger partial charge is 0.511 e. The summed E-state index contributed by atoms with van der Waals surface area (Å²) >= 11 is 5.97. The number of carbonyl (C=O) groups excluding carboxylic acids is 2. The number of benzene rings is 1. The molecule has 0 fully saturated rings. The predicted octanol–water partition coefficient (Wildman–Crippen LogP) is 9.37. The van der Waals surface area contributed by atoms with Crippen LogP contribution in [0.5, 0.6) is 0 Å². The summed E-state index contributed by atoms with van der Waals surface area (Å²) in [5.74, 6) is -0.0808. The van der Waals surface area contributed by atoms with Gasteiger partial charge in [-0.25, -0.2) is 0 Å². The third-order valence-corrected chi connectivity index (χ3v) is 7.28. The molecule has 1 aliphatic rings. The van der Waals surface area contributed by atoms with Crippen LogP contribution < -0.4 is 0 Å². The minimum absolute atomic E-state index is 0.0174. The molecule has 0 aromatic heterocycles. The zero-order valence-electron chi connectivity index (χ0n) is 24.3. The molecule has 0 heterocycles. The van der Waals surface area contributed by atoms with E-state index in [1.807, 2.05) is 26.0 Å². The number of aryl methyl sites for hydroxylation is 1. The first kappa shape index (κ1) is 33.0. The standard InChI is InChI=1S/C30H43ClO4.C2H6/c1-19(2)7-13-24-27(33)26(25(32)14-10-22-8-11-23(31)12-9-22)29(35)30(28(24)34,17-15-20(3)4)18-16-21(5)6;1-2/h8-9,11-12,19-21,33-34H,7,10,13-18H2,1-6H3;1-2H3. The van der Waals surface area contributed by atoms with Crippen molar-refractivity contribution in [1.82, 2.24) is 0 Å². The van der Waals surface area contributed by atoms with Gasteiger partial charge in [0.05, 0.1) is 5.41 Å². The van der Waals surface area contributed by atoms with Gasteiger partial charge in [0.15, 0.2) is 11.6 Å². The van der Waals surface area contributed by atoms with E-state index in [-0.39, 0.29) is 29.3 Å². The molecular weight excluding hydrogens is 484 g/mol. The minimum atomic E-state index is -1.15. The smallest absolute Gasteiger partial charge is 0.183 e. The molecule has 0 saturated heterocycles. The van der Waals surface area contributed by atoms with Gasteiger partial charge in [-0.05, 0) is 80.4 Å². The van der Waals surface area contributed by atoms with Gasteiger partial charge in [-0.1, -0.05) is 79.1 Å². The Labute approximate surface area is 230 Å². The lowest BCUT2D eigenvalue weighted by atomic mass is 9.64. The molecule has 1 aliphatic carbocycles. The van der Waals surface area contributed by atoms with Crippen molar-refractivity contribution in [2.75, 3.05) is 0 Å². The first-order valence-electron chi connectivity index (χ1n) is 14.1. The Balaban J connectivity index is 0.00000334. The molecule has 0 aliphatic heterocycles. The van der Waals surface area contributed by atoms with Crippen LogP contribution in [0.2, 0.25) is 5.02 Å². The van der Waals surface area contributed by atoms with Crippen molar-refractivity contribution in [1.29, 1.82) is 0 Å². The van der Waals surface area contributed by atoms with E-state index in [9.17, 15) is 19.8 Å². The van der Waals surface area contributed by atoms with Crippen LogP contribution in [0.25, 0.3) is 0 Å². The molecule has 2 rings (SSSR count). The Morgan fingerprint density at radius 3 is 1.78 bits per heavy atom. The van der Waals surface area contributed by atoms with Crippen molar-refractivity contribution in [2.45, 2.75) is 107 Å². The summed E-state index contributed by atoms with van der Waals surface area (Å²) in [4.78, 5) is 27.5. The second kappa shape index (κ2) is 15.4. The van der Waals surface area contributed by atoms with Crippen molar-refractivity contribution in [3.8, 4) is 0 Å². The molecular formula is C32H49ClO4. The van der Waals surface area contributed by atoms with Crippen molar-refractivity contribution in [3.05, 3.63) is 57.5 Å². The van der Waals surface area contributed by atoms with Gasteiger partial charge < -0.3 is 10.2 Å². The highest BCUT2D eigenvalue weighted by Gasteiger charge is 2.50. The fourth-order valence-electron chi connectivity index (χ4n) is 4.63. The zero-order valence-corrected chi connectivity index (χ0v) is 25.0. The van der Waals surface area contributed by atoms with Crippen LogP contribution in [-0.2, 0) is 16.0 Å². The van der Waals surface area contributed by atoms with Gasteiger partial charge in [-0.15, -0.1) is 0 Å².